The molecule has 0 saturated carbocycles. The maximum atomic E-state index is 13.6. The van der Waals surface area contributed by atoms with Gasteiger partial charge in [-0.2, -0.15) is 12.7 Å². The van der Waals surface area contributed by atoms with E-state index in [0.29, 0.717) is 6.54 Å². The molecule has 1 atom stereocenters. The Balaban J connectivity index is 2.40. The van der Waals surface area contributed by atoms with E-state index in [0.717, 1.165) is 43.6 Å². The lowest BCUT2D eigenvalue weighted by Crippen LogP contribution is -2.52. The maximum Gasteiger partial charge on any atom is 0.304 e. The predicted octanol–water partition coefficient (Wildman–Crippen LogP) is 3.53. The van der Waals surface area contributed by atoms with Crippen molar-refractivity contribution in [2.24, 2.45) is 0 Å². The number of hydrogen-bond acceptors (Lipinski definition) is 4. The molecule has 2 aromatic rings. The molecule has 0 bridgehead atoms. The number of nitrogens with one attached hydrogen (secondary N) is 1. The first-order chi connectivity index (χ1) is 16.5. The summed E-state index contributed by atoms with van der Waals surface area (Å²) in [6, 6.07) is 11.3. The third kappa shape index (κ3) is 8.01. The van der Waals surface area contributed by atoms with Crippen LogP contribution in [0.1, 0.15) is 32.3 Å². The molecule has 2 amide bonds. The van der Waals surface area contributed by atoms with Crippen LogP contribution < -0.4 is 9.62 Å². The number of rotatable bonds is 12. The molecule has 0 aromatic heterocycles. The molecule has 0 heterocycles. The SMILES string of the molecule is CCCCNC(=O)[C@H](C)N(Cc1cccc(Br)c1)C(=O)CN(c1ccc(F)cc1)S(=O)(=O)N(C)C. The highest BCUT2D eigenvalue weighted by atomic mass is 79.9. The second-order valence-electron chi connectivity index (χ2n) is 8.25. The standard InChI is InChI=1S/C24H32BrFN4O4S/c1-5-6-14-27-24(32)18(2)29(16-19-8-7-9-20(25)15-19)23(31)17-30(35(33,34)28(3)4)22-12-10-21(26)11-13-22/h7-13,15,18H,5-6,14,16-17H2,1-4H3,(H,27,32)/t18-/m0/s1. The van der Waals surface area contributed by atoms with Gasteiger partial charge >= 0.3 is 10.2 Å². The van der Waals surface area contributed by atoms with E-state index in [2.05, 4.69) is 21.2 Å². The predicted molar refractivity (Wildman–Crippen MR) is 138 cm³/mol. The van der Waals surface area contributed by atoms with Crippen LogP contribution in [0.2, 0.25) is 0 Å². The van der Waals surface area contributed by atoms with E-state index in [-0.39, 0.29) is 18.1 Å². The smallest absolute Gasteiger partial charge is 0.304 e. The van der Waals surface area contributed by atoms with Crippen LogP contribution in [0, 0.1) is 5.82 Å². The normalized spacial score (nSPS) is 12.3. The summed E-state index contributed by atoms with van der Waals surface area (Å²) in [5.74, 6) is -1.43. The van der Waals surface area contributed by atoms with E-state index in [1.165, 1.54) is 31.1 Å². The number of halogens is 2. The van der Waals surface area contributed by atoms with Gasteiger partial charge in [-0.3, -0.25) is 9.59 Å². The second kappa shape index (κ2) is 13.0. The molecule has 35 heavy (non-hydrogen) atoms. The zero-order valence-corrected chi connectivity index (χ0v) is 22.8. The van der Waals surface area contributed by atoms with Crippen LogP contribution in [0.4, 0.5) is 10.1 Å². The number of unbranched alkanes of at least 4 members (excludes halogenated alkanes) is 1. The van der Waals surface area contributed by atoms with E-state index < -0.39 is 34.5 Å². The quantitative estimate of drug-likeness (QED) is 0.395. The minimum atomic E-state index is -4.09. The summed E-state index contributed by atoms with van der Waals surface area (Å²) in [5.41, 5.74) is 0.903. The van der Waals surface area contributed by atoms with Crippen molar-refractivity contribution in [1.29, 1.82) is 0 Å². The van der Waals surface area contributed by atoms with Gasteiger partial charge in [-0.1, -0.05) is 41.4 Å². The number of carbonyl (C=O) groups is 2. The van der Waals surface area contributed by atoms with Crippen LogP contribution >= 0.6 is 15.9 Å². The van der Waals surface area contributed by atoms with Crippen molar-refractivity contribution in [2.75, 3.05) is 31.5 Å². The fourth-order valence-corrected chi connectivity index (χ4v) is 4.78. The fourth-order valence-electron chi connectivity index (χ4n) is 3.27. The van der Waals surface area contributed by atoms with Gasteiger partial charge in [0.25, 0.3) is 0 Å². The van der Waals surface area contributed by atoms with Crippen LogP contribution in [0.5, 0.6) is 0 Å². The largest absolute Gasteiger partial charge is 0.354 e. The number of anilines is 1. The van der Waals surface area contributed by atoms with Gasteiger partial charge in [-0.15, -0.1) is 0 Å². The summed E-state index contributed by atoms with van der Waals surface area (Å²) in [5, 5.41) is 2.83. The average molecular weight is 572 g/mol. The van der Waals surface area contributed by atoms with E-state index in [1.54, 1.807) is 6.92 Å². The van der Waals surface area contributed by atoms with Gasteiger partial charge in [0.1, 0.15) is 18.4 Å². The zero-order valence-electron chi connectivity index (χ0n) is 20.4. The van der Waals surface area contributed by atoms with Gasteiger partial charge in [-0.25, -0.2) is 8.70 Å². The number of benzene rings is 2. The molecule has 0 spiro atoms. The van der Waals surface area contributed by atoms with Crippen LogP contribution in [-0.4, -0.2) is 62.7 Å². The van der Waals surface area contributed by atoms with Crippen LogP contribution in [-0.2, 0) is 26.3 Å². The van der Waals surface area contributed by atoms with Crippen LogP contribution in [0.15, 0.2) is 53.0 Å². The summed E-state index contributed by atoms with van der Waals surface area (Å²) in [6.45, 7) is 3.63. The van der Waals surface area contributed by atoms with Gasteiger partial charge < -0.3 is 10.2 Å². The van der Waals surface area contributed by atoms with E-state index in [1.807, 2.05) is 31.2 Å². The third-order valence-corrected chi connectivity index (χ3v) is 7.69. The third-order valence-electron chi connectivity index (χ3n) is 5.37. The molecule has 0 aliphatic carbocycles. The number of amides is 2. The Bertz CT molecular complexity index is 1110. The highest BCUT2D eigenvalue weighted by Gasteiger charge is 2.32. The van der Waals surface area contributed by atoms with Gasteiger partial charge in [0, 0.05) is 31.7 Å². The molecule has 2 rings (SSSR count). The highest BCUT2D eigenvalue weighted by molar-refractivity contribution is 9.10. The molecular weight excluding hydrogens is 539 g/mol. The maximum absolute atomic E-state index is 13.6. The van der Waals surface area contributed by atoms with E-state index >= 15 is 0 Å². The topological polar surface area (TPSA) is 90.0 Å². The number of hydrogen-bond donors (Lipinski definition) is 1. The number of carbonyl (C=O) groups excluding carboxylic acids is 2. The van der Waals surface area contributed by atoms with Gasteiger partial charge in [0.15, 0.2) is 0 Å². The Kier molecular flexibility index (Phi) is 10.7. The summed E-state index contributed by atoms with van der Waals surface area (Å²) in [6.07, 6.45) is 1.71. The second-order valence-corrected chi connectivity index (χ2v) is 11.2. The summed E-state index contributed by atoms with van der Waals surface area (Å²) in [4.78, 5) is 27.7. The molecule has 8 nitrogen and oxygen atoms in total. The van der Waals surface area contributed by atoms with Crippen molar-refractivity contribution in [3.63, 3.8) is 0 Å². The number of nitrogens with zero attached hydrogens (tertiary/aromatic N) is 3. The first-order valence-electron chi connectivity index (χ1n) is 11.2. The molecule has 0 aliphatic heterocycles. The highest BCUT2D eigenvalue weighted by Crippen LogP contribution is 2.22. The molecule has 0 aliphatic rings. The zero-order chi connectivity index (χ0) is 26.2. The van der Waals surface area contributed by atoms with E-state index in [4.69, 9.17) is 0 Å². The van der Waals surface area contributed by atoms with Crippen molar-refractivity contribution in [1.82, 2.24) is 14.5 Å². The summed E-state index contributed by atoms with van der Waals surface area (Å²) >= 11 is 3.41. The first-order valence-corrected chi connectivity index (χ1v) is 13.4. The van der Waals surface area contributed by atoms with Crippen molar-refractivity contribution >= 4 is 43.6 Å². The summed E-state index contributed by atoms with van der Waals surface area (Å²) < 4.78 is 42.3. The molecule has 1 N–H and O–H groups in total. The monoisotopic (exact) mass is 570 g/mol. The Morgan fingerprint density at radius 1 is 1.11 bits per heavy atom. The molecule has 11 heteroatoms. The molecule has 0 saturated heterocycles. The van der Waals surface area contributed by atoms with Crippen molar-refractivity contribution < 1.29 is 22.4 Å². The molecule has 0 fully saturated rings. The Morgan fingerprint density at radius 3 is 2.34 bits per heavy atom. The van der Waals surface area contributed by atoms with Gasteiger partial charge in [-0.05, 0) is 55.3 Å². The molecular formula is C24H32BrFN4O4S. The lowest BCUT2D eigenvalue weighted by Gasteiger charge is -2.32. The van der Waals surface area contributed by atoms with Crippen molar-refractivity contribution in [3.05, 3.63) is 64.4 Å². The van der Waals surface area contributed by atoms with E-state index in [9.17, 15) is 22.4 Å². The molecule has 0 unspecified atom stereocenters. The Labute approximate surface area is 215 Å². The molecule has 2 aromatic carbocycles. The lowest BCUT2D eigenvalue weighted by molar-refractivity contribution is -0.139. The van der Waals surface area contributed by atoms with Crippen LogP contribution in [0.3, 0.4) is 0 Å². The summed E-state index contributed by atoms with van der Waals surface area (Å²) in [7, 11) is -1.39. The lowest BCUT2D eigenvalue weighted by atomic mass is 10.1. The Morgan fingerprint density at radius 2 is 1.77 bits per heavy atom. The van der Waals surface area contributed by atoms with Crippen molar-refractivity contribution in [3.8, 4) is 0 Å². The molecule has 0 radical (unpaired) electrons. The minimum absolute atomic E-state index is 0.0971. The van der Waals surface area contributed by atoms with Crippen molar-refractivity contribution in [2.45, 2.75) is 39.3 Å². The fraction of sp³-hybridized carbons (Fsp3) is 0.417. The molecule has 192 valence electrons. The Hall–Kier alpha value is -2.50. The average Bonchev–Trinajstić information content (AvgIpc) is 2.81. The van der Waals surface area contributed by atoms with Crippen LogP contribution in [0.25, 0.3) is 0 Å². The van der Waals surface area contributed by atoms with Gasteiger partial charge in [0.05, 0.1) is 5.69 Å². The first kappa shape index (κ1) is 28.7. The van der Waals surface area contributed by atoms with Gasteiger partial charge in [0.2, 0.25) is 11.8 Å². The minimum Gasteiger partial charge on any atom is -0.354 e.